The van der Waals surface area contributed by atoms with Crippen LogP contribution in [0, 0.1) is 13.8 Å². The number of carbonyl (C=O) groups excluding carboxylic acids is 1. The van der Waals surface area contributed by atoms with E-state index in [9.17, 15) is 9.59 Å². The Morgan fingerprint density at radius 1 is 1.32 bits per heavy atom. The molecule has 0 bridgehead atoms. The first-order chi connectivity index (χ1) is 10.4. The fourth-order valence-corrected chi connectivity index (χ4v) is 2.41. The predicted octanol–water partition coefficient (Wildman–Crippen LogP) is 1.20. The van der Waals surface area contributed by atoms with E-state index < -0.39 is 18.6 Å². The second-order valence-electron chi connectivity index (χ2n) is 5.27. The van der Waals surface area contributed by atoms with Gasteiger partial charge in [-0.1, -0.05) is 17.7 Å². The van der Waals surface area contributed by atoms with Gasteiger partial charge >= 0.3 is 5.97 Å². The van der Waals surface area contributed by atoms with Crippen molar-refractivity contribution in [1.82, 2.24) is 5.32 Å². The van der Waals surface area contributed by atoms with E-state index in [0.717, 1.165) is 22.4 Å². The van der Waals surface area contributed by atoms with Gasteiger partial charge in [-0.3, -0.25) is 4.79 Å². The summed E-state index contributed by atoms with van der Waals surface area (Å²) in [4.78, 5) is 22.4. The number of aliphatic hydroxyl groups is 1. The molecule has 1 aromatic carbocycles. The summed E-state index contributed by atoms with van der Waals surface area (Å²) in [6.45, 7) is 3.36. The maximum atomic E-state index is 11.7. The van der Waals surface area contributed by atoms with Gasteiger partial charge in [0, 0.05) is 6.42 Å². The fourth-order valence-electron chi connectivity index (χ4n) is 2.41. The Balaban J connectivity index is 2.57. The van der Waals surface area contributed by atoms with Crippen molar-refractivity contribution < 1.29 is 24.5 Å². The highest BCUT2D eigenvalue weighted by Crippen LogP contribution is 2.26. The monoisotopic (exact) mass is 309 g/mol. The van der Waals surface area contributed by atoms with Crippen molar-refractivity contribution in [2.75, 3.05) is 13.7 Å². The van der Waals surface area contributed by atoms with E-state index in [1.807, 2.05) is 26.0 Å². The number of aliphatic hydroxyl groups excluding tert-OH is 1. The lowest BCUT2D eigenvalue weighted by atomic mass is 10.0. The molecule has 0 aliphatic heterocycles. The number of amides is 1. The molecule has 1 rings (SSSR count). The number of hydrogen-bond acceptors (Lipinski definition) is 4. The Hall–Kier alpha value is -2.08. The summed E-state index contributed by atoms with van der Waals surface area (Å²) in [7, 11) is 1.62. The summed E-state index contributed by atoms with van der Waals surface area (Å²) in [6.07, 6.45) is 1.43. The van der Waals surface area contributed by atoms with Gasteiger partial charge in [0.1, 0.15) is 11.8 Å². The number of carboxylic acids is 1. The highest BCUT2D eigenvalue weighted by atomic mass is 16.5. The Kier molecular flexibility index (Phi) is 6.85. The van der Waals surface area contributed by atoms with E-state index in [2.05, 4.69) is 5.32 Å². The minimum Gasteiger partial charge on any atom is -0.496 e. The maximum Gasteiger partial charge on any atom is 0.328 e. The van der Waals surface area contributed by atoms with Crippen molar-refractivity contribution in [3.05, 3.63) is 28.8 Å². The van der Waals surface area contributed by atoms with Crippen LogP contribution in [0.3, 0.4) is 0 Å². The number of ether oxygens (including phenoxy) is 1. The van der Waals surface area contributed by atoms with E-state index >= 15 is 0 Å². The summed E-state index contributed by atoms with van der Waals surface area (Å²) in [5.41, 5.74) is 3.21. The van der Waals surface area contributed by atoms with Crippen molar-refractivity contribution in [1.29, 1.82) is 0 Å². The number of rotatable bonds is 8. The molecule has 0 spiro atoms. The number of aryl methyl sites for hydroxylation is 3. The molecular formula is C16H23NO5. The molecule has 1 aromatic rings. The minimum atomic E-state index is -1.25. The molecular weight excluding hydrogens is 286 g/mol. The topological polar surface area (TPSA) is 95.9 Å². The second kappa shape index (κ2) is 8.38. The molecule has 0 aromatic heterocycles. The summed E-state index contributed by atoms with van der Waals surface area (Å²) < 4.78 is 5.39. The summed E-state index contributed by atoms with van der Waals surface area (Å²) in [6, 6.07) is 2.81. The van der Waals surface area contributed by atoms with Crippen molar-refractivity contribution in [2.45, 2.75) is 39.2 Å². The van der Waals surface area contributed by atoms with Crippen molar-refractivity contribution in [2.24, 2.45) is 0 Å². The fraction of sp³-hybridized carbons (Fsp3) is 0.500. The molecule has 0 fully saturated rings. The Bertz CT molecular complexity index is 542. The lowest BCUT2D eigenvalue weighted by Gasteiger charge is -2.14. The molecule has 0 aliphatic rings. The predicted molar refractivity (Wildman–Crippen MR) is 82.1 cm³/mol. The van der Waals surface area contributed by atoms with Crippen molar-refractivity contribution in [3.8, 4) is 5.75 Å². The van der Waals surface area contributed by atoms with Gasteiger partial charge in [-0.2, -0.15) is 0 Å². The van der Waals surface area contributed by atoms with Crippen LogP contribution < -0.4 is 10.1 Å². The largest absolute Gasteiger partial charge is 0.496 e. The van der Waals surface area contributed by atoms with Crippen molar-refractivity contribution in [3.63, 3.8) is 0 Å². The van der Waals surface area contributed by atoms with Gasteiger partial charge in [0.2, 0.25) is 5.91 Å². The van der Waals surface area contributed by atoms with Gasteiger partial charge in [-0.05, 0) is 37.8 Å². The smallest absolute Gasteiger partial charge is 0.328 e. The summed E-state index contributed by atoms with van der Waals surface area (Å²) >= 11 is 0. The Morgan fingerprint density at radius 3 is 2.55 bits per heavy atom. The third-order valence-electron chi connectivity index (χ3n) is 3.37. The van der Waals surface area contributed by atoms with Crippen LogP contribution in [0.25, 0.3) is 0 Å². The third kappa shape index (κ3) is 5.04. The van der Waals surface area contributed by atoms with Crippen LogP contribution in [0.2, 0.25) is 0 Å². The molecule has 22 heavy (non-hydrogen) atoms. The number of nitrogens with one attached hydrogen (secondary N) is 1. The highest BCUT2D eigenvalue weighted by molar-refractivity contribution is 5.83. The molecule has 6 heteroatoms. The van der Waals surface area contributed by atoms with Gasteiger partial charge < -0.3 is 20.3 Å². The standard InChI is InChI=1S/C16H23NO5/c1-10-7-11(2)15(22-3)12(8-10)5-4-6-14(19)17-13(9-18)16(20)21/h7-8,13,18H,4-6,9H2,1-3H3,(H,17,19)(H,20,21). The molecule has 1 unspecified atom stereocenters. The summed E-state index contributed by atoms with van der Waals surface area (Å²) in [5, 5.41) is 19.9. The molecule has 1 atom stereocenters. The molecule has 122 valence electrons. The first kappa shape index (κ1) is 18.0. The van der Waals surface area contributed by atoms with Crippen molar-refractivity contribution >= 4 is 11.9 Å². The number of hydrogen-bond donors (Lipinski definition) is 3. The van der Waals surface area contributed by atoms with Crippen LogP contribution in [0.1, 0.15) is 29.5 Å². The zero-order valence-corrected chi connectivity index (χ0v) is 13.2. The highest BCUT2D eigenvalue weighted by Gasteiger charge is 2.18. The van der Waals surface area contributed by atoms with E-state index in [1.165, 1.54) is 0 Å². The average Bonchev–Trinajstić information content (AvgIpc) is 2.44. The van der Waals surface area contributed by atoms with Gasteiger partial charge in [0.05, 0.1) is 13.7 Å². The zero-order chi connectivity index (χ0) is 16.7. The molecule has 0 heterocycles. The molecule has 6 nitrogen and oxygen atoms in total. The zero-order valence-electron chi connectivity index (χ0n) is 13.2. The molecule has 0 saturated carbocycles. The van der Waals surface area contributed by atoms with Gasteiger partial charge in [-0.15, -0.1) is 0 Å². The number of methoxy groups -OCH3 is 1. The van der Waals surface area contributed by atoms with Crippen LogP contribution in [0.4, 0.5) is 0 Å². The number of carboxylic acid groups (broad SMARTS) is 1. The normalized spacial score (nSPS) is 11.8. The van der Waals surface area contributed by atoms with Gasteiger partial charge in [0.15, 0.2) is 0 Å². The van der Waals surface area contributed by atoms with E-state index in [0.29, 0.717) is 12.8 Å². The molecule has 1 amide bonds. The molecule has 0 aliphatic carbocycles. The SMILES string of the molecule is COc1c(C)cc(C)cc1CCCC(=O)NC(CO)C(=O)O. The quantitative estimate of drug-likeness (QED) is 0.670. The lowest BCUT2D eigenvalue weighted by Crippen LogP contribution is -2.43. The van der Waals surface area contributed by atoms with E-state index in [1.54, 1.807) is 7.11 Å². The Labute approximate surface area is 130 Å². The lowest BCUT2D eigenvalue weighted by molar-refractivity contribution is -0.142. The van der Waals surface area contributed by atoms with Gasteiger partial charge in [-0.25, -0.2) is 4.79 Å². The number of benzene rings is 1. The maximum absolute atomic E-state index is 11.7. The first-order valence-electron chi connectivity index (χ1n) is 7.16. The Morgan fingerprint density at radius 2 is 2.00 bits per heavy atom. The molecule has 3 N–H and O–H groups in total. The molecule has 0 radical (unpaired) electrons. The second-order valence-corrected chi connectivity index (χ2v) is 5.27. The van der Waals surface area contributed by atoms with Crippen LogP contribution in [-0.2, 0) is 16.0 Å². The third-order valence-corrected chi connectivity index (χ3v) is 3.37. The van der Waals surface area contributed by atoms with Crippen LogP contribution in [0.15, 0.2) is 12.1 Å². The molecule has 0 saturated heterocycles. The number of carbonyl (C=O) groups is 2. The van der Waals surface area contributed by atoms with Crippen LogP contribution in [-0.4, -0.2) is 41.8 Å². The average molecular weight is 309 g/mol. The van der Waals surface area contributed by atoms with E-state index in [4.69, 9.17) is 14.9 Å². The van der Waals surface area contributed by atoms with Crippen LogP contribution in [0.5, 0.6) is 5.75 Å². The van der Waals surface area contributed by atoms with Crippen LogP contribution >= 0.6 is 0 Å². The number of aliphatic carboxylic acids is 1. The first-order valence-corrected chi connectivity index (χ1v) is 7.16. The summed E-state index contributed by atoms with van der Waals surface area (Å²) in [5.74, 6) is -0.804. The minimum absolute atomic E-state index is 0.194. The van der Waals surface area contributed by atoms with Gasteiger partial charge in [0.25, 0.3) is 0 Å². The van der Waals surface area contributed by atoms with E-state index in [-0.39, 0.29) is 12.3 Å².